The fourth-order valence-corrected chi connectivity index (χ4v) is 2.37. The van der Waals surface area contributed by atoms with Crippen molar-refractivity contribution >= 4 is 31.9 Å². The topological polar surface area (TPSA) is 12.0 Å². The molecule has 0 amide bonds. The Hall–Kier alpha value is -0.300. The van der Waals surface area contributed by atoms with Gasteiger partial charge in [0.25, 0.3) is 0 Å². The van der Waals surface area contributed by atoms with Crippen LogP contribution in [0.5, 0.6) is 0 Å². The number of hydrogen-bond acceptors (Lipinski definition) is 1. The predicted octanol–water partition coefficient (Wildman–Crippen LogP) is 3.89. The zero-order valence-corrected chi connectivity index (χ0v) is 11.7. The third-order valence-electron chi connectivity index (χ3n) is 2.26. The highest BCUT2D eigenvalue weighted by atomic mass is 79.9. The Morgan fingerprint density at radius 3 is 2.80 bits per heavy atom. The molecule has 0 saturated heterocycles. The summed E-state index contributed by atoms with van der Waals surface area (Å²) in [5.41, 5.74) is 1.24. The molecule has 0 spiro atoms. The summed E-state index contributed by atoms with van der Waals surface area (Å²) < 4.78 is 2.20. The van der Waals surface area contributed by atoms with Crippen LogP contribution < -0.4 is 5.32 Å². The van der Waals surface area contributed by atoms with Crippen LogP contribution in [0.2, 0.25) is 0 Å². The van der Waals surface area contributed by atoms with Crippen molar-refractivity contribution in [2.75, 3.05) is 7.05 Å². The molecule has 0 aliphatic carbocycles. The molecule has 0 heterocycles. The van der Waals surface area contributed by atoms with Gasteiger partial charge in [0.15, 0.2) is 0 Å². The van der Waals surface area contributed by atoms with Crippen LogP contribution in [0.4, 0.5) is 0 Å². The Morgan fingerprint density at radius 1 is 1.47 bits per heavy atom. The van der Waals surface area contributed by atoms with E-state index in [1.807, 2.05) is 19.2 Å². The van der Waals surface area contributed by atoms with E-state index in [2.05, 4.69) is 49.2 Å². The molecular formula is C12H13Br2N. The molecule has 0 bridgehead atoms. The second-order valence-electron chi connectivity index (χ2n) is 3.25. The van der Waals surface area contributed by atoms with Crippen LogP contribution in [0.1, 0.15) is 24.4 Å². The van der Waals surface area contributed by atoms with Crippen LogP contribution in [-0.4, -0.2) is 7.05 Å². The summed E-state index contributed by atoms with van der Waals surface area (Å²) in [5.74, 6) is 2.67. The number of hydrogen-bond donors (Lipinski definition) is 1. The lowest BCUT2D eigenvalue weighted by Crippen LogP contribution is -2.16. The first-order valence-electron chi connectivity index (χ1n) is 4.74. The van der Waals surface area contributed by atoms with Gasteiger partial charge in [0.2, 0.25) is 0 Å². The van der Waals surface area contributed by atoms with Gasteiger partial charge in [-0.2, -0.15) is 0 Å². The quantitative estimate of drug-likeness (QED) is 0.826. The van der Waals surface area contributed by atoms with Gasteiger partial charge in [-0.1, -0.05) is 31.9 Å². The first kappa shape index (κ1) is 12.8. The average Bonchev–Trinajstić information content (AvgIpc) is 2.24. The molecule has 1 nitrogen and oxygen atoms in total. The Balaban J connectivity index is 2.91. The number of halogens is 2. The van der Waals surface area contributed by atoms with E-state index in [9.17, 15) is 0 Å². The predicted molar refractivity (Wildman–Crippen MR) is 71.7 cm³/mol. The maximum atomic E-state index is 5.28. The Labute approximate surface area is 108 Å². The standard InChI is InChI=1S/C12H13Br2N/c1-3-4-5-12(15-2)10-8-9(13)6-7-11(10)14/h1,6-8,12,15H,4-5H2,2H3. The van der Waals surface area contributed by atoms with Gasteiger partial charge in [-0.15, -0.1) is 12.3 Å². The lowest BCUT2D eigenvalue weighted by Gasteiger charge is -2.17. The second kappa shape index (κ2) is 6.32. The van der Waals surface area contributed by atoms with E-state index in [1.54, 1.807) is 0 Å². The molecule has 0 aliphatic heterocycles. The molecule has 0 aliphatic rings. The summed E-state index contributed by atoms with van der Waals surface area (Å²) in [6.07, 6.45) is 7.01. The molecule has 1 aromatic carbocycles. The van der Waals surface area contributed by atoms with Gasteiger partial charge in [0.1, 0.15) is 0 Å². The van der Waals surface area contributed by atoms with Crippen molar-refractivity contribution in [1.82, 2.24) is 5.32 Å². The van der Waals surface area contributed by atoms with Crippen molar-refractivity contribution in [1.29, 1.82) is 0 Å². The van der Waals surface area contributed by atoms with Crippen molar-refractivity contribution < 1.29 is 0 Å². The second-order valence-corrected chi connectivity index (χ2v) is 5.02. The van der Waals surface area contributed by atoms with E-state index < -0.39 is 0 Å². The summed E-state index contributed by atoms with van der Waals surface area (Å²) in [7, 11) is 1.95. The lowest BCUT2D eigenvalue weighted by atomic mass is 10.0. The van der Waals surface area contributed by atoms with E-state index in [0.717, 1.165) is 21.8 Å². The van der Waals surface area contributed by atoms with Gasteiger partial charge < -0.3 is 5.32 Å². The van der Waals surface area contributed by atoms with E-state index in [1.165, 1.54) is 5.56 Å². The normalized spacial score (nSPS) is 12.1. The number of nitrogens with one attached hydrogen (secondary N) is 1. The molecule has 0 aromatic heterocycles. The van der Waals surface area contributed by atoms with Gasteiger partial charge in [-0.25, -0.2) is 0 Å². The zero-order valence-electron chi connectivity index (χ0n) is 8.56. The Bertz CT molecular complexity index is 368. The summed E-state index contributed by atoms with van der Waals surface area (Å²) in [4.78, 5) is 0. The van der Waals surface area contributed by atoms with Crippen LogP contribution in [0.3, 0.4) is 0 Å². The zero-order chi connectivity index (χ0) is 11.3. The number of rotatable bonds is 4. The molecule has 0 radical (unpaired) electrons. The lowest BCUT2D eigenvalue weighted by molar-refractivity contribution is 0.556. The number of terminal acetylenes is 1. The highest BCUT2D eigenvalue weighted by Gasteiger charge is 2.11. The molecule has 3 heteroatoms. The van der Waals surface area contributed by atoms with Crippen LogP contribution >= 0.6 is 31.9 Å². The minimum atomic E-state index is 0.299. The maximum Gasteiger partial charge on any atom is 0.0338 e. The van der Waals surface area contributed by atoms with Gasteiger partial charge in [0, 0.05) is 21.4 Å². The molecule has 1 rings (SSSR count). The van der Waals surface area contributed by atoms with Crippen molar-refractivity contribution in [3.8, 4) is 12.3 Å². The highest BCUT2D eigenvalue weighted by molar-refractivity contribution is 9.11. The molecule has 0 saturated carbocycles. The first-order valence-corrected chi connectivity index (χ1v) is 6.33. The first-order chi connectivity index (χ1) is 7.19. The summed E-state index contributed by atoms with van der Waals surface area (Å²) in [5, 5.41) is 3.27. The highest BCUT2D eigenvalue weighted by Crippen LogP contribution is 2.29. The Kier molecular flexibility index (Phi) is 5.38. The third-order valence-corrected chi connectivity index (χ3v) is 3.47. The summed E-state index contributed by atoms with van der Waals surface area (Å²) in [6.45, 7) is 0. The fraction of sp³-hybridized carbons (Fsp3) is 0.333. The molecule has 1 aromatic rings. The van der Waals surface area contributed by atoms with Gasteiger partial charge in [-0.3, -0.25) is 0 Å². The Morgan fingerprint density at radius 2 is 2.20 bits per heavy atom. The van der Waals surface area contributed by atoms with Crippen molar-refractivity contribution in [3.63, 3.8) is 0 Å². The van der Waals surface area contributed by atoms with Crippen LogP contribution in [-0.2, 0) is 0 Å². The molecule has 1 N–H and O–H groups in total. The van der Waals surface area contributed by atoms with Gasteiger partial charge >= 0.3 is 0 Å². The molecular weight excluding hydrogens is 318 g/mol. The van der Waals surface area contributed by atoms with Crippen LogP contribution in [0.15, 0.2) is 27.1 Å². The monoisotopic (exact) mass is 329 g/mol. The van der Waals surface area contributed by atoms with Crippen molar-refractivity contribution in [3.05, 3.63) is 32.7 Å². The third kappa shape index (κ3) is 3.64. The van der Waals surface area contributed by atoms with Crippen molar-refractivity contribution in [2.45, 2.75) is 18.9 Å². The van der Waals surface area contributed by atoms with Crippen LogP contribution in [0, 0.1) is 12.3 Å². The summed E-state index contributed by atoms with van der Waals surface area (Å²) in [6, 6.07) is 6.47. The van der Waals surface area contributed by atoms with Crippen molar-refractivity contribution in [2.24, 2.45) is 0 Å². The van der Waals surface area contributed by atoms with Gasteiger partial charge in [0.05, 0.1) is 0 Å². The maximum absolute atomic E-state index is 5.28. The van der Waals surface area contributed by atoms with E-state index in [0.29, 0.717) is 6.04 Å². The van der Waals surface area contributed by atoms with Gasteiger partial charge in [-0.05, 0) is 37.2 Å². The van der Waals surface area contributed by atoms with E-state index >= 15 is 0 Å². The molecule has 0 fully saturated rings. The SMILES string of the molecule is C#CCCC(NC)c1cc(Br)ccc1Br. The fourth-order valence-electron chi connectivity index (χ4n) is 1.46. The minimum Gasteiger partial charge on any atom is -0.313 e. The minimum absolute atomic E-state index is 0.299. The molecule has 1 atom stereocenters. The average molecular weight is 331 g/mol. The smallest absolute Gasteiger partial charge is 0.0338 e. The summed E-state index contributed by atoms with van der Waals surface area (Å²) >= 11 is 7.02. The largest absolute Gasteiger partial charge is 0.313 e. The molecule has 15 heavy (non-hydrogen) atoms. The molecule has 80 valence electrons. The number of benzene rings is 1. The van der Waals surface area contributed by atoms with Crippen LogP contribution in [0.25, 0.3) is 0 Å². The van der Waals surface area contributed by atoms with E-state index in [-0.39, 0.29) is 0 Å². The molecule has 1 unspecified atom stereocenters. The van der Waals surface area contributed by atoms with E-state index in [4.69, 9.17) is 6.42 Å².